The molecule has 128 valence electrons. The highest BCUT2D eigenvalue weighted by atomic mass is 32.2. The Bertz CT molecular complexity index is 647. The zero-order valence-electron chi connectivity index (χ0n) is 13.5. The highest BCUT2D eigenvalue weighted by Gasteiger charge is 2.29. The van der Waals surface area contributed by atoms with Gasteiger partial charge in [0, 0.05) is 32.7 Å². The van der Waals surface area contributed by atoms with Crippen molar-refractivity contribution in [3.63, 3.8) is 0 Å². The SMILES string of the molecule is COCCN1CCC[C@H](NS(=O)(=O)c2cccc3c2OCC3)C1. The Balaban J connectivity index is 1.70. The summed E-state index contributed by atoms with van der Waals surface area (Å²) in [5, 5.41) is 0. The summed E-state index contributed by atoms with van der Waals surface area (Å²) in [6, 6.07) is 5.27. The van der Waals surface area contributed by atoms with Crippen LogP contribution in [-0.2, 0) is 21.2 Å². The molecular formula is C16H24N2O4S. The summed E-state index contributed by atoms with van der Waals surface area (Å²) in [6.45, 7) is 3.76. The van der Waals surface area contributed by atoms with E-state index in [2.05, 4.69) is 9.62 Å². The van der Waals surface area contributed by atoms with Gasteiger partial charge in [0.25, 0.3) is 0 Å². The van der Waals surface area contributed by atoms with E-state index in [-0.39, 0.29) is 10.9 Å². The molecule has 6 nitrogen and oxygen atoms in total. The van der Waals surface area contributed by atoms with Crippen molar-refractivity contribution in [2.75, 3.05) is 40.0 Å². The van der Waals surface area contributed by atoms with Crippen LogP contribution in [0.3, 0.4) is 0 Å². The van der Waals surface area contributed by atoms with Gasteiger partial charge in [-0.15, -0.1) is 0 Å². The molecule has 0 aromatic heterocycles. The standard InChI is InChI=1S/C16H24N2O4S/c1-21-11-9-18-8-3-5-14(12-18)17-23(19,20)15-6-2-4-13-7-10-22-16(13)15/h2,4,6,14,17H,3,5,7-12H2,1H3/t14-/m0/s1. The van der Waals surface area contributed by atoms with Gasteiger partial charge < -0.3 is 9.47 Å². The fourth-order valence-corrected chi connectivity index (χ4v) is 4.70. The van der Waals surface area contributed by atoms with Crippen molar-refractivity contribution in [2.24, 2.45) is 0 Å². The molecular weight excluding hydrogens is 316 g/mol. The minimum Gasteiger partial charge on any atom is -0.492 e. The number of ether oxygens (including phenoxy) is 2. The first-order chi connectivity index (χ1) is 11.1. The summed E-state index contributed by atoms with van der Waals surface area (Å²) in [5.41, 5.74) is 0.971. The molecule has 2 heterocycles. The third-order valence-electron chi connectivity index (χ3n) is 4.41. The molecule has 1 fully saturated rings. The minimum absolute atomic E-state index is 0.0668. The molecule has 0 amide bonds. The number of likely N-dealkylation sites (tertiary alicyclic amines) is 1. The lowest BCUT2D eigenvalue weighted by Gasteiger charge is -2.32. The molecule has 0 bridgehead atoms. The number of nitrogens with one attached hydrogen (secondary N) is 1. The van der Waals surface area contributed by atoms with Crippen LogP contribution in [0.5, 0.6) is 5.75 Å². The van der Waals surface area contributed by atoms with Crippen molar-refractivity contribution >= 4 is 10.0 Å². The number of sulfonamides is 1. The van der Waals surface area contributed by atoms with Crippen LogP contribution in [0.15, 0.2) is 23.1 Å². The van der Waals surface area contributed by atoms with E-state index in [4.69, 9.17) is 9.47 Å². The topological polar surface area (TPSA) is 67.9 Å². The molecule has 2 aliphatic heterocycles. The molecule has 0 spiro atoms. The fraction of sp³-hybridized carbons (Fsp3) is 0.625. The van der Waals surface area contributed by atoms with E-state index < -0.39 is 10.0 Å². The smallest absolute Gasteiger partial charge is 0.244 e. The van der Waals surface area contributed by atoms with E-state index in [0.29, 0.717) is 19.0 Å². The predicted octanol–water partition coefficient (Wildman–Crippen LogP) is 1.01. The van der Waals surface area contributed by atoms with Gasteiger partial charge in [0.2, 0.25) is 10.0 Å². The van der Waals surface area contributed by atoms with E-state index in [1.165, 1.54) is 0 Å². The van der Waals surface area contributed by atoms with Crippen LogP contribution in [0, 0.1) is 0 Å². The Hall–Kier alpha value is -1.15. The molecule has 1 saturated heterocycles. The Morgan fingerprint density at radius 2 is 2.30 bits per heavy atom. The first-order valence-electron chi connectivity index (χ1n) is 8.08. The van der Waals surface area contributed by atoms with Gasteiger partial charge in [-0.05, 0) is 31.0 Å². The second-order valence-corrected chi connectivity index (χ2v) is 7.78. The molecule has 7 heteroatoms. The van der Waals surface area contributed by atoms with Crippen molar-refractivity contribution in [3.8, 4) is 5.75 Å². The van der Waals surface area contributed by atoms with Crippen LogP contribution in [0.4, 0.5) is 0 Å². The van der Waals surface area contributed by atoms with Crippen molar-refractivity contribution < 1.29 is 17.9 Å². The van der Waals surface area contributed by atoms with Gasteiger partial charge in [-0.2, -0.15) is 0 Å². The zero-order valence-corrected chi connectivity index (χ0v) is 14.3. The van der Waals surface area contributed by atoms with Crippen LogP contribution in [-0.4, -0.2) is 59.3 Å². The number of hydrogen-bond donors (Lipinski definition) is 1. The normalized spacial score (nSPS) is 21.9. The molecule has 0 radical (unpaired) electrons. The van der Waals surface area contributed by atoms with E-state index in [9.17, 15) is 8.42 Å². The lowest BCUT2D eigenvalue weighted by atomic mass is 10.1. The van der Waals surface area contributed by atoms with E-state index >= 15 is 0 Å². The Kier molecular flexibility index (Phi) is 5.21. The maximum absolute atomic E-state index is 12.7. The zero-order chi connectivity index (χ0) is 16.3. The van der Waals surface area contributed by atoms with Crippen LogP contribution in [0.25, 0.3) is 0 Å². The first kappa shape index (κ1) is 16.7. The number of methoxy groups -OCH3 is 1. The summed E-state index contributed by atoms with van der Waals surface area (Å²) in [5.74, 6) is 0.520. The van der Waals surface area contributed by atoms with Gasteiger partial charge in [0.1, 0.15) is 10.6 Å². The summed E-state index contributed by atoms with van der Waals surface area (Å²) in [6.07, 6.45) is 2.62. The molecule has 1 aromatic rings. The van der Waals surface area contributed by atoms with Gasteiger partial charge in [-0.1, -0.05) is 12.1 Å². The molecule has 1 N–H and O–H groups in total. The molecule has 0 unspecified atom stereocenters. The summed E-state index contributed by atoms with van der Waals surface area (Å²) in [7, 11) is -1.88. The minimum atomic E-state index is -3.56. The van der Waals surface area contributed by atoms with Gasteiger partial charge in [-0.25, -0.2) is 13.1 Å². The highest BCUT2D eigenvalue weighted by molar-refractivity contribution is 7.89. The second kappa shape index (κ2) is 7.17. The lowest BCUT2D eigenvalue weighted by molar-refractivity contribution is 0.126. The van der Waals surface area contributed by atoms with Crippen molar-refractivity contribution in [1.82, 2.24) is 9.62 Å². The van der Waals surface area contributed by atoms with Crippen LogP contribution >= 0.6 is 0 Å². The fourth-order valence-electron chi connectivity index (χ4n) is 3.25. The van der Waals surface area contributed by atoms with Gasteiger partial charge in [0.15, 0.2) is 0 Å². The number of rotatable bonds is 6. The summed E-state index contributed by atoms with van der Waals surface area (Å²) >= 11 is 0. The van der Waals surface area contributed by atoms with Crippen LogP contribution in [0.1, 0.15) is 18.4 Å². The number of nitrogens with zero attached hydrogens (tertiary/aromatic N) is 1. The number of fused-ring (bicyclic) bond motifs is 1. The van der Waals surface area contributed by atoms with Gasteiger partial charge in [0.05, 0.1) is 13.2 Å². The lowest BCUT2D eigenvalue weighted by Crippen LogP contribution is -2.48. The predicted molar refractivity (Wildman–Crippen MR) is 87.3 cm³/mol. The van der Waals surface area contributed by atoms with Crippen LogP contribution in [0.2, 0.25) is 0 Å². The van der Waals surface area contributed by atoms with E-state index in [1.54, 1.807) is 19.2 Å². The van der Waals surface area contributed by atoms with E-state index in [1.807, 2.05) is 6.07 Å². The highest BCUT2D eigenvalue weighted by Crippen LogP contribution is 2.32. The average Bonchev–Trinajstić information content (AvgIpc) is 3.01. The third kappa shape index (κ3) is 3.85. The summed E-state index contributed by atoms with van der Waals surface area (Å²) < 4.78 is 39.0. The Labute approximate surface area is 137 Å². The average molecular weight is 340 g/mol. The Morgan fingerprint density at radius 1 is 1.43 bits per heavy atom. The number of para-hydroxylation sites is 1. The molecule has 2 aliphatic rings. The second-order valence-electron chi connectivity index (χ2n) is 6.10. The Morgan fingerprint density at radius 3 is 3.13 bits per heavy atom. The molecule has 1 atom stereocenters. The maximum Gasteiger partial charge on any atom is 0.244 e. The maximum atomic E-state index is 12.7. The van der Waals surface area contributed by atoms with Crippen molar-refractivity contribution in [1.29, 1.82) is 0 Å². The number of piperidine rings is 1. The van der Waals surface area contributed by atoms with Crippen molar-refractivity contribution in [2.45, 2.75) is 30.2 Å². The van der Waals surface area contributed by atoms with Crippen LogP contribution < -0.4 is 9.46 Å². The molecule has 23 heavy (non-hydrogen) atoms. The quantitative estimate of drug-likeness (QED) is 0.837. The molecule has 3 rings (SSSR count). The van der Waals surface area contributed by atoms with Gasteiger partial charge >= 0.3 is 0 Å². The number of benzene rings is 1. The largest absolute Gasteiger partial charge is 0.492 e. The van der Waals surface area contributed by atoms with Crippen molar-refractivity contribution in [3.05, 3.63) is 23.8 Å². The molecule has 0 aliphatic carbocycles. The molecule has 1 aromatic carbocycles. The van der Waals surface area contributed by atoms with Gasteiger partial charge in [-0.3, -0.25) is 4.90 Å². The number of hydrogen-bond acceptors (Lipinski definition) is 5. The first-order valence-corrected chi connectivity index (χ1v) is 9.57. The third-order valence-corrected chi connectivity index (χ3v) is 5.95. The van der Waals surface area contributed by atoms with E-state index in [0.717, 1.165) is 44.5 Å². The monoisotopic (exact) mass is 340 g/mol. The molecule has 0 saturated carbocycles. The summed E-state index contributed by atoms with van der Waals surface area (Å²) in [4.78, 5) is 2.51.